The van der Waals surface area contributed by atoms with E-state index in [1.165, 1.54) is 19.3 Å². The Morgan fingerprint density at radius 1 is 1.33 bits per heavy atom. The van der Waals surface area contributed by atoms with Gasteiger partial charge in [-0.25, -0.2) is 0 Å². The molecule has 1 unspecified atom stereocenters. The number of hydrogen-bond donors (Lipinski definition) is 1. The number of hydrogen-bond acceptors (Lipinski definition) is 3. The molecule has 2 rings (SSSR count). The zero-order valence-electron chi connectivity index (χ0n) is 11.2. The lowest BCUT2D eigenvalue weighted by molar-refractivity contribution is -0.132. The van der Waals surface area contributed by atoms with Crippen LogP contribution in [0.3, 0.4) is 0 Å². The quantitative estimate of drug-likeness (QED) is 0.824. The minimum absolute atomic E-state index is 0.0549. The van der Waals surface area contributed by atoms with Crippen molar-refractivity contribution in [2.75, 3.05) is 19.6 Å². The summed E-state index contributed by atoms with van der Waals surface area (Å²) in [7, 11) is 0. The predicted octanol–water partition coefficient (Wildman–Crippen LogP) is 1.67. The van der Waals surface area contributed by atoms with E-state index >= 15 is 0 Å². The van der Waals surface area contributed by atoms with Gasteiger partial charge in [0.2, 0.25) is 5.91 Å². The van der Waals surface area contributed by atoms with E-state index in [9.17, 15) is 4.79 Å². The van der Waals surface area contributed by atoms with E-state index in [1.807, 2.05) is 6.92 Å². The molecule has 0 aromatic heterocycles. The molecule has 0 aromatic carbocycles. The zero-order chi connectivity index (χ0) is 13.0. The van der Waals surface area contributed by atoms with Gasteiger partial charge in [-0.15, -0.1) is 0 Å². The van der Waals surface area contributed by atoms with Crippen molar-refractivity contribution >= 4 is 5.91 Å². The highest BCUT2D eigenvalue weighted by Crippen LogP contribution is 2.40. The first kappa shape index (κ1) is 13.4. The lowest BCUT2D eigenvalue weighted by atomic mass is 9.69. The van der Waals surface area contributed by atoms with E-state index in [0.29, 0.717) is 0 Å². The van der Waals surface area contributed by atoms with Gasteiger partial charge in [0.1, 0.15) is 5.41 Å². The second-order valence-corrected chi connectivity index (χ2v) is 5.78. The summed E-state index contributed by atoms with van der Waals surface area (Å²) in [5.74, 6) is -0.0549. The van der Waals surface area contributed by atoms with E-state index in [2.05, 4.69) is 16.3 Å². The maximum absolute atomic E-state index is 12.1. The number of rotatable bonds is 4. The van der Waals surface area contributed by atoms with Gasteiger partial charge < -0.3 is 10.2 Å². The van der Waals surface area contributed by atoms with Gasteiger partial charge in [-0.3, -0.25) is 4.79 Å². The molecular weight excluding hydrogens is 226 g/mol. The molecule has 1 saturated heterocycles. The van der Waals surface area contributed by atoms with Crippen LogP contribution in [0.2, 0.25) is 0 Å². The number of carbonyl (C=O) groups is 1. The smallest absolute Gasteiger partial charge is 0.240 e. The molecule has 2 aliphatic rings. The van der Waals surface area contributed by atoms with Crippen LogP contribution in [-0.2, 0) is 4.79 Å². The molecule has 1 aliphatic heterocycles. The largest absolute Gasteiger partial charge is 0.351 e. The summed E-state index contributed by atoms with van der Waals surface area (Å²) in [4.78, 5) is 14.5. The molecule has 0 radical (unpaired) electrons. The van der Waals surface area contributed by atoms with Gasteiger partial charge in [-0.1, -0.05) is 6.42 Å². The SMILES string of the molecule is CC(CN1CCCCC1)NC(=O)C1(C#N)CCC1. The summed E-state index contributed by atoms with van der Waals surface area (Å²) < 4.78 is 0. The molecule has 1 N–H and O–H groups in total. The van der Waals surface area contributed by atoms with Crippen LogP contribution in [0.25, 0.3) is 0 Å². The Labute approximate surface area is 109 Å². The molecule has 0 spiro atoms. The second kappa shape index (κ2) is 5.71. The Morgan fingerprint density at radius 2 is 2.00 bits per heavy atom. The van der Waals surface area contributed by atoms with Crippen LogP contribution in [-0.4, -0.2) is 36.5 Å². The normalized spacial score (nSPS) is 24.7. The number of amides is 1. The molecule has 1 atom stereocenters. The maximum Gasteiger partial charge on any atom is 0.240 e. The fourth-order valence-corrected chi connectivity index (χ4v) is 2.86. The first-order valence-corrected chi connectivity index (χ1v) is 7.11. The molecular formula is C14H23N3O. The maximum atomic E-state index is 12.1. The van der Waals surface area contributed by atoms with E-state index < -0.39 is 5.41 Å². The lowest BCUT2D eigenvalue weighted by Crippen LogP contribution is -2.51. The van der Waals surface area contributed by atoms with Crippen molar-refractivity contribution in [2.24, 2.45) is 5.41 Å². The number of nitrogens with zero attached hydrogens (tertiary/aromatic N) is 2. The zero-order valence-corrected chi connectivity index (χ0v) is 11.2. The first-order chi connectivity index (χ1) is 8.66. The lowest BCUT2D eigenvalue weighted by Gasteiger charge is -2.35. The topological polar surface area (TPSA) is 56.1 Å². The third-order valence-corrected chi connectivity index (χ3v) is 4.21. The Kier molecular flexibility index (Phi) is 4.23. The minimum Gasteiger partial charge on any atom is -0.351 e. The highest BCUT2D eigenvalue weighted by Gasteiger charge is 2.44. The highest BCUT2D eigenvalue weighted by molar-refractivity contribution is 5.86. The van der Waals surface area contributed by atoms with Gasteiger partial charge in [0.25, 0.3) is 0 Å². The molecule has 1 heterocycles. The number of piperidine rings is 1. The first-order valence-electron chi connectivity index (χ1n) is 7.11. The standard InChI is InChI=1S/C14H23N3O/c1-12(10-17-8-3-2-4-9-17)16-13(18)14(11-15)6-5-7-14/h12H,2-10H2,1H3,(H,16,18). The summed E-state index contributed by atoms with van der Waals surface area (Å²) in [6.07, 6.45) is 6.32. The van der Waals surface area contributed by atoms with Gasteiger partial charge in [0.05, 0.1) is 6.07 Å². The van der Waals surface area contributed by atoms with Crippen LogP contribution in [0.15, 0.2) is 0 Å². The predicted molar refractivity (Wildman–Crippen MR) is 69.8 cm³/mol. The average molecular weight is 249 g/mol. The third kappa shape index (κ3) is 2.84. The summed E-state index contributed by atoms with van der Waals surface area (Å²) in [6.45, 7) is 5.23. The van der Waals surface area contributed by atoms with Crippen LogP contribution in [0.1, 0.15) is 45.4 Å². The van der Waals surface area contributed by atoms with Crippen molar-refractivity contribution in [2.45, 2.75) is 51.5 Å². The molecule has 4 heteroatoms. The van der Waals surface area contributed by atoms with Crippen molar-refractivity contribution in [3.8, 4) is 6.07 Å². The third-order valence-electron chi connectivity index (χ3n) is 4.21. The summed E-state index contributed by atoms with van der Waals surface area (Å²) in [5, 5.41) is 12.1. The van der Waals surface area contributed by atoms with Gasteiger partial charge >= 0.3 is 0 Å². The van der Waals surface area contributed by atoms with Gasteiger partial charge in [-0.2, -0.15) is 5.26 Å². The fraction of sp³-hybridized carbons (Fsp3) is 0.857. The van der Waals surface area contributed by atoms with Gasteiger partial charge in [-0.05, 0) is 52.1 Å². The van der Waals surface area contributed by atoms with Crippen LogP contribution < -0.4 is 5.32 Å². The Balaban J connectivity index is 1.78. The van der Waals surface area contributed by atoms with E-state index in [4.69, 9.17) is 5.26 Å². The van der Waals surface area contributed by atoms with E-state index in [1.54, 1.807) is 0 Å². The second-order valence-electron chi connectivity index (χ2n) is 5.78. The van der Waals surface area contributed by atoms with Crippen LogP contribution in [0.4, 0.5) is 0 Å². The van der Waals surface area contributed by atoms with Crippen molar-refractivity contribution < 1.29 is 4.79 Å². The van der Waals surface area contributed by atoms with Crippen molar-refractivity contribution in [3.63, 3.8) is 0 Å². The van der Waals surface area contributed by atoms with Gasteiger partial charge in [0.15, 0.2) is 0 Å². The average Bonchev–Trinajstić information content (AvgIpc) is 2.29. The van der Waals surface area contributed by atoms with E-state index in [0.717, 1.165) is 38.9 Å². The molecule has 1 aliphatic carbocycles. The molecule has 2 fully saturated rings. The highest BCUT2D eigenvalue weighted by atomic mass is 16.2. The number of nitriles is 1. The van der Waals surface area contributed by atoms with Crippen molar-refractivity contribution in [1.82, 2.24) is 10.2 Å². The molecule has 100 valence electrons. The molecule has 4 nitrogen and oxygen atoms in total. The molecule has 18 heavy (non-hydrogen) atoms. The summed E-state index contributed by atoms with van der Waals surface area (Å²) >= 11 is 0. The molecule has 0 aromatic rings. The van der Waals surface area contributed by atoms with Crippen LogP contribution in [0, 0.1) is 16.7 Å². The number of likely N-dealkylation sites (tertiary alicyclic amines) is 1. The van der Waals surface area contributed by atoms with Crippen LogP contribution in [0.5, 0.6) is 0 Å². The molecule has 1 saturated carbocycles. The van der Waals surface area contributed by atoms with E-state index in [-0.39, 0.29) is 11.9 Å². The number of nitrogens with one attached hydrogen (secondary N) is 1. The summed E-state index contributed by atoms with van der Waals surface area (Å²) in [5.41, 5.74) is -0.712. The minimum atomic E-state index is -0.712. The monoisotopic (exact) mass is 249 g/mol. The Morgan fingerprint density at radius 3 is 2.50 bits per heavy atom. The Hall–Kier alpha value is -1.08. The van der Waals surface area contributed by atoms with Crippen molar-refractivity contribution in [3.05, 3.63) is 0 Å². The number of carbonyl (C=O) groups excluding carboxylic acids is 1. The molecule has 1 amide bonds. The van der Waals surface area contributed by atoms with Gasteiger partial charge in [0, 0.05) is 12.6 Å². The Bertz CT molecular complexity index is 337. The fourth-order valence-electron chi connectivity index (χ4n) is 2.86. The molecule has 0 bridgehead atoms. The summed E-state index contributed by atoms with van der Waals surface area (Å²) in [6, 6.07) is 2.34. The van der Waals surface area contributed by atoms with Crippen molar-refractivity contribution in [1.29, 1.82) is 5.26 Å². The van der Waals surface area contributed by atoms with Crippen LogP contribution >= 0.6 is 0 Å².